The van der Waals surface area contributed by atoms with Crippen molar-refractivity contribution in [2.45, 2.75) is 13.3 Å². The van der Waals surface area contributed by atoms with Crippen LogP contribution in [0.5, 0.6) is 0 Å². The Morgan fingerprint density at radius 1 is 1.33 bits per heavy atom. The van der Waals surface area contributed by atoms with E-state index < -0.39 is 0 Å². The zero-order valence-corrected chi connectivity index (χ0v) is 12.1. The smallest absolute Gasteiger partial charge is 0.170 e. The first-order chi connectivity index (χ1) is 8.58. The summed E-state index contributed by atoms with van der Waals surface area (Å²) in [5.74, 6) is -0.0300. The Morgan fingerprint density at radius 2 is 2.11 bits per heavy atom. The van der Waals surface area contributed by atoms with Crippen LogP contribution in [0.1, 0.15) is 21.6 Å². The van der Waals surface area contributed by atoms with E-state index in [-0.39, 0.29) is 12.2 Å². The molecule has 2 aromatic rings. The number of aryl methyl sites for hydroxylation is 1. The van der Waals surface area contributed by atoms with E-state index in [0.29, 0.717) is 10.6 Å². The predicted molar refractivity (Wildman–Crippen MR) is 76.2 cm³/mol. The highest BCUT2D eigenvalue weighted by Gasteiger charge is 2.13. The number of aromatic nitrogens is 1. The Kier molecular flexibility index (Phi) is 4.15. The molecule has 0 radical (unpaired) electrons. The number of ketones is 1. The quantitative estimate of drug-likeness (QED) is 0.791. The minimum Gasteiger partial charge on any atom is -0.294 e. The van der Waals surface area contributed by atoms with Crippen molar-refractivity contribution in [1.82, 2.24) is 4.98 Å². The van der Waals surface area contributed by atoms with Crippen molar-refractivity contribution >= 4 is 33.3 Å². The Hall–Kier alpha value is -1.19. The SMILES string of the molecule is Cc1ccc(CC(=O)c2cccc(Br)c2Cl)nc1. The molecule has 18 heavy (non-hydrogen) atoms. The predicted octanol–water partition coefficient (Wildman–Crippen LogP) is 4.23. The third-order valence-corrected chi connectivity index (χ3v) is 3.86. The second kappa shape index (κ2) is 5.63. The van der Waals surface area contributed by atoms with E-state index in [1.54, 1.807) is 18.3 Å². The van der Waals surface area contributed by atoms with Crippen molar-refractivity contribution in [3.63, 3.8) is 0 Å². The molecule has 0 amide bonds. The van der Waals surface area contributed by atoms with Crippen LogP contribution in [-0.2, 0) is 6.42 Å². The molecule has 4 heteroatoms. The average Bonchev–Trinajstić information content (AvgIpc) is 2.35. The van der Waals surface area contributed by atoms with Gasteiger partial charge in [-0.3, -0.25) is 9.78 Å². The van der Waals surface area contributed by atoms with E-state index in [1.807, 2.05) is 25.1 Å². The zero-order chi connectivity index (χ0) is 13.1. The van der Waals surface area contributed by atoms with Gasteiger partial charge in [-0.2, -0.15) is 0 Å². The molecule has 0 aliphatic heterocycles. The lowest BCUT2D eigenvalue weighted by Crippen LogP contribution is -2.06. The van der Waals surface area contributed by atoms with Gasteiger partial charge in [-0.25, -0.2) is 0 Å². The number of carbonyl (C=O) groups excluding carboxylic acids is 1. The highest BCUT2D eigenvalue weighted by molar-refractivity contribution is 9.10. The summed E-state index contributed by atoms with van der Waals surface area (Å²) in [5, 5.41) is 0.453. The molecule has 92 valence electrons. The van der Waals surface area contributed by atoms with Crippen molar-refractivity contribution in [1.29, 1.82) is 0 Å². The lowest BCUT2D eigenvalue weighted by Gasteiger charge is -2.05. The molecule has 0 saturated carbocycles. The fourth-order valence-corrected chi connectivity index (χ4v) is 2.18. The van der Waals surface area contributed by atoms with E-state index in [9.17, 15) is 4.79 Å². The molecule has 0 unspecified atom stereocenters. The largest absolute Gasteiger partial charge is 0.294 e. The van der Waals surface area contributed by atoms with Crippen molar-refractivity contribution in [3.05, 3.63) is 62.8 Å². The molecule has 0 N–H and O–H groups in total. The van der Waals surface area contributed by atoms with E-state index in [4.69, 9.17) is 11.6 Å². The number of nitrogens with zero attached hydrogens (tertiary/aromatic N) is 1. The summed E-state index contributed by atoms with van der Waals surface area (Å²) in [6.07, 6.45) is 2.02. The number of rotatable bonds is 3. The van der Waals surface area contributed by atoms with Gasteiger partial charge in [0.05, 0.1) is 11.4 Å². The highest BCUT2D eigenvalue weighted by Crippen LogP contribution is 2.26. The van der Waals surface area contributed by atoms with Gasteiger partial charge in [-0.05, 0) is 46.6 Å². The molecular weight excluding hydrogens is 314 g/mol. The molecule has 2 nitrogen and oxygen atoms in total. The van der Waals surface area contributed by atoms with Gasteiger partial charge in [0.2, 0.25) is 0 Å². The summed E-state index contributed by atoms with van der Waals surface area (Å²) >= 11 is 9.40. The summed E-state index contributed by atoms with van der Waals surface area (Å²) in [6.45, 7) is 1.96. The van der Waals surface area contributed by atoms with Gasteiger partial charge in [0.15, 0.2) is 5.78 Å². The number of hydrogen-bond donors (Lipinski definition) is 0. The number of hydrogen-bond acceptors (Lipinski definition) is 2. The molecule has 0 atom stereocenters. The van der Waals surface area contributed by atoms with Gasteiger partial charge in [0.25, 0.3) is 0 Å². The molecule has 0 bridgehead atoms. The molecule has 0 aliphatic rings. The van der Waals surface area contributed by atoms with Gasteiger partial charge in [-0.15, -0.1) is 0 Å². The minimum atomic E-state index is -0.0300. The fourth-order valence-electron chi connectivity index (χ4n) is 1.58. The summed E-state index contributed by atoms with van der Waals surface area (Å²) in [7, 11) is 0. The third kappa shape index (κ3) is 2.98. The topological polar surface area (TPSA) is 30.0 Å². The van der Waals surface area contributed by atoms with Crippen LogP contribution >= 0.6 is 27.5 Å². The summed E-state index contributed by atoms with van der Waals surface area (Å²) in [6, 6.07) is 9.13. The van der Waals surface area contributed by atoms with Gasteiger partial charge in [0, 0.05) is 21.9 Å². The first kappa shape index (κ1) is 13.2. The van der Waals surface area contributed by atoms with E-state index in [0.717, 1.165) is 15.7 Å². The molecule has 2 rings (SSSR count). The third-order valence-electron chi connectivity index (χ3n) is 2.57. The first-order valence-electron chi connectivity index (χ1n) is 5.46. The van der Waals surface area contributed by atoms with Crippen LogP contribution in [-0.4, -0.2) is 10.8 Å². The first-order valence-corrected chi connectivity index (χ1v) is 6.64. The Morgan fingerprint density at radius 3 is 2.78 bits per heavy atom. The number of pyridine rings is 1. The van der Waals surface area contributed by atoms with Crippen LogP contribution in [0.15, 0.2) is 41.0 Å². The standard InChI is InChI=1S/C14H11BrClNO/c1-9-5-6-10(17-8-9)7-13(18)11-3-2-4-12(15)14(11)16/h2-6,8H,7H2,1H3. The summed E-state index contributed by atoms with van der Waals surface area (Å²) in [4.78, 5) is 16.3. The zero-order valence-electron chi connectivity index (χ0n) is 9.78. The second-order valence-corrected chi connectivity index (χ2v) is 5.26. The van der Waals surface area contributed by atoms with Gasteiger partial charge in [-0.1, -0.05) is 23.7 Å². The maximum atomic E-state index is 12.1. The van der Waals surface area contributed by atoms with Crippen LogP contribution in [0.2, 0.25) is 5.02 Å². The molecule has 1 aromatic carbocycles. The van der Waals surface area contributed by atoms with E-state index in [1.165, 1.54) is 0 Å². The molecule has 0 spiro atoms. The number of Topliss-reactive ketones (excluding diaryl/α,β-unsaturated/α-hetero) is 1. The van der Waals surface area contributed by atoms with E-state index in [2.05, 4.69) is 20.9 Å². The normalized spacial score (nSPS) is 10.4. The van der Waals surface area contributed by atoms with Crippen molar-refractivity contribution in [2.24, 2.45) is 0 Å². The average molecular weight is 325 g/mol. The molecule has 1 heterocycles. The Bertz CT molecular complexity index is 581. The fraction of sp³-hybridized carbons (Fsp3) is 0.143. The van der Waals surface area contributed by atoms with Crippen molar-refractivity contribution < 1.29 is 4.79 Å². The number of benzene rings is 1. The monoisotopic (exact) mass is 323 g/mol. The van der Waals surface area contributed by atoms with Crippen LogP contribution in [0.3, 0.4) is 0 Å². The van der Waals surface area contributed by atoms with Gasteiger partial charge in [0.1, 0.15) is 0 Å². The lowest BCUT2D eigenvalue weighted by molar-refractivity contribution is 0.0992. The van der Waals surface area contributed by atoms with Gasteiger partial charge >= 0.3 is 0 Å². The van der Waals surface area contributed by atoms with E-state index >= 15 is 0 Å². The molecule has 0 saturated heterocycles. The maximum absolute atomic E-state index is 12.1. The molecular formula is C14H11BrClNO. The lowest BCUT2D eigenvalue weighted by atomic mass is 10.1. The van der Waals surface area contributed by atoms with Crippen LogP contribution in [0.25, 0.3) is 0 Å². The number of carbonyl (C=O) groups is 1. The van der Waals surface area contributed by atoms with Crippen LogP contribution in [0, 0.1) is 6.92 Å². The summed E-state index contributed by atoms with van der Waals surface area (Å²) in [5.41, 5.74) is 2.35. The number of halogens is 2. The maximum Gasteiger partial charge on any atom is 0.170 e. The molecule has 0 aliphatic carbocycles. The molecule has 0 fully saturated rings. The highest BCUT2D eigenvalue weighted by atomic mass is 79.9. The van der Waals surface area contributed by atoms with Crippen molar-refractivity contribution in [2.75, 3.05) is 0 Å². The summed E-state index contributed by atoms with van der Waals surface area (Å²) < 4.78 is 0.729. The molecule has 1 aromatic heterocycles. The van der Waals surface area contributed by atoms with Crippen LogP contribution in [0.4, 0.5) is 0 Å². The second-order valence-electron chi connectivity index (χ2n) is 4.03. The minimum absolute atomic E-state index is 0.0300. The van der Waals surface area contributed by atoms with Crippen LogP contribution < -0.4 is 0 Å². The van der Waals surface area contributed by atoms with Crippen molar-refractivity contribution in [3.8, 4) is 0 Å². The Balaban J connectivity index is 2.22. The Labute approximate surface area is 119 Å². The van der Waals surface area contributed by atoms with Gasteiger partial charge < -0.3 is 0 Å².